The van der Waals surface area contributed by atoms with Crippen LogP contribution in [-0.2, 0) is 4.79 Å². The zero-order valence-electron chi connectivity index (χ0n) is 18.5. The van der Waals surface area contributed by atoms with Crippen molar-refractivity contribution in [3.8, 4) is 40.0 Å². The lowest BCUT2D eigenvalue weighted by Crippen LogP contribution is -2.25. The topological polar surface area (TPSA) is 127 Å². The molecule has 9 heteroatoms. The number of aromatic amines is 1. The van der Waals surface area contributed by atoms with Gasteiger partial charge >= 0.3 is 12.0 Å². The van der Waals surface area contributed by atoms with E-state index in [1.165, 1.54) is 0 Å². The molecule has 1 fully saturated rings. The van der Waals surface area contributed by atoms with Crippen molar-refractivity contribution in [2.24, 2.45) is 5.92 Å². The number of hydrogen-bond acceptors (Lipinski definition) is 7. The summed E-state index contributed by atoms with van der Waals surface area (Å²) in [6.45, 7) is 0. The maximum absolute atomic E-state index is 10.9. The smallest absolute Gasteiger partial charge is 0.316 e. The summed E-state index contributed by atoms with van der Waals surface area (Å²) in [6.07, 6.45) is 8.71. The highest BCUT2D eigenvalue weighted by Gasteiger charge is 2.24. The fraction of sp³-hybridized carbons (Fsp3) is 0.280. The highest BCUT2D eigenvalue weighted by Crippen LogP contribution is 2.29. The quantitative estimate of drug-likeness (QED) is 0.419. The van der Waals surface area contributed by atoms with Crippen molar-refractivity contribution >= 4 is 5.97 Å². The number of carboxylic acids is 1. The molecule has 3 aromatic heterocycles. The summed E-state index contributed by atoms with van der Waals surface area (Å²) >= 11 is 0. The van der Waals surface area contributed by atoms with Crippen LogP contribution in [0.4, 0.5) is 0 Å². The average molecular weight is 457 g/mol. The second-order valence-electron chi connectivity index (χ2n) is 8.42. The van der Waals surface area contributed by atoms with E-state index in [1.807, 2.05) is 42.5 Å². The number of rotatable bonds is 7. The largest absolute Gasteiger partial charge is 0.481 e. The first-order valence-electron chi connectivity index (χ1n) is 11.3. The second-order valence-corrected chi connectivity index (χ2v) is 8.42. The fourth-order valence-electron chi connectivity index (χ4n) is 4.17. The van der Waals surface area contributed by atoms with E-state index in [0.717, 1.165) is 48.1 Å². The van der Waals surface area contributed by atoms with Crippen LogP contribution < -0.4 is 4.74 Å². The Bertz CT molecular complexity index is 1230. The van der Waals surface area contributed by atoms with Crippen LogP contribution in [0.1, 0.15) is 32.1 Å². The van der Waals surface area contributed by atoms with Gasteiger partial charge in [0.15, 0.2) is 11.6 Å². The van der Waals surface area contributed by atoms with Crippen LogP contribution in [0.15, 0.2) is 61.1 Å². The predicted octanol–water partition coefficient (Wildman–Crippen LogP) is 4.40. The molecule has 4 aromatic rings. The number of aromatic nitrogens is 6. The van der Waals surface area contributed by atoms with Gasteiger partial charge in [0, 0.05) is 41.7 Å². The molecule has 0 aliphatic heterocycles. The maximum Gasteiger partial charge on any atom is 0.316 e. The van der Waals surface area contributed by atoms with Crippen LogP contribution >= 0.6 is 0 Å². The molecule has 0 atom stereocenters. The monoisotopic (exact) mass is 456 g/mol. The summed E-state index contributed by atoms with van der Waals surface area (Å²) in [7, 11) is 0. The molecule has 0 unspecified atom stereocenters. The van der Waals surface area contributed by atoms with Crippen molar-refractivity contribution in [2.75, 3.05) is 0 Å². The summed E-state index contributed by atoms with van der Waals surface area (Å²) in [4.78, 5) is 28.6. The van der Waals surface area contributed by atoms with Crippen molar-refractivity contribution in [1.82, 2.24) is 30.1 Å². The van der Waals surface area contributed by atoms with E-state index in [-0.39, 0.29) is 18.4 Å². The minimum absolute atomic E-state index is 0.0235. The van der Waals surface area contributed by atoms with Crippen LogP contribution in [0.5, 0.6) is 6.01 Å². The lowest BCUT2D eigenvalue weighted by Gasteiger charge is -2.27. The Balaban J connectivity index is 1.20. The Labute approximate surface area is 196 Å². The number of H-pyrrole nitrogens is 1. The highest BCUT2D eigenvalue weighted by molar-refractivity contribution is 5.67. The van der Waals surface area contributed by atoms with Gasteiger partial charge in [-0.1, -0.05) is 30.3 Å². The lowest BCUT2D eigenvalue weighted by atomic mass is 9.85. The summed E-state index contributed by atoms with van der Waals surface area (Å²) in [5, 5.41) is 16.2. The van der Waals surface area contributed by atoms with Gasteiger partial charge in [0.1, 0.15) is 6.10 Å². The number of carbonyl (C=O) groups is 1. The molecule has 1 aliphatic carbocycles. The molecule has 0 spiro atoms. The van der Waals surface area contributed by atoms with Gasteiger partial charge in [-0.2, -0.15) is 5.10 Å². The Hall–Kier alpha value is -4.14. The standard InChI is InChI=1S/C25H24N6O3/c32-22(33)12-16-6-9-20(10-7-16)34-25-27-14-19(15-28-25)21-11-8-18(13-26-21)24-29-23(30-31-24)17-4-2-1-3-5-17/h1-5,8,11,13-16,20H,6-7,9-10,12H2,(H,32,33)(H,29,30,31). The molecule has 3 heterocycles. The predicted molar refractivity (Wildman–Crippen MR) is 125 cm³/mol. The molecule has 0 bridgehead atoms. The van der Waals surface area contributed by atoms with Crippen LogP contribution in [0.2, 0.25) is 0 Å². The summed E-state index contributed by atoms with van der Waals surface area (Å²) < 4.78 is 5.91. The zero-order chi connectivity index (χ0) is 23.3. The van der Waals surface area contributed by atoms with Gasteiger partial charge < -0.3 is 9.84 Å². The van der Waals surface area contributed by atoms with Crippen molar-refractivity contribution in [3.63, 3.8) is 0 Å². The van der Waals surface area contributed by atoms with Crippen LogP contribution in [0, 0.1) is 5.92 Å². The van der Waals surface area contributed by atoms with E-state index >= 15 is 0 Å². The average Bonchev–Trinajstić information content (AvgIpc) is 3.37. The Morgan fingerprint density at radius 3 is 2.32 bits per heavy atom. The van der Waals surface area contributed by atoms with Crippen molar-refractivity contribution < 1.29 is 14.6 Å². The Kier molecular flexibility index (Phi) is 6.24. The molecule has 2 N–H and O–H groups in total. The van der Waals surface area contributed by atoms with E-state index in [0.29, 0.717) is 17.7 Å². The van der Waals surface area contributed by atoms with E-state index in [1.54, 1.807) is 18.6 Å². The van der Waals surface area contributed by atoms with Gasteiger partial charge in [-0.05, 0) is 43.7 Å². The molecule has 172 valence electrons. The second kappa shape index (κ2) is 9.78. The molecule has 0 saturated heterocycles. The van der Waals surface area contributed by atoms with E-state index in [9.17, 15) is 4.79 Å². The van der Waals surface area contributed by atoms with Gasteiger partial charge in [0.2, 0.25) is 0 Å². The first-order valence-corrected chi connectivity index (χ1v) is 11.3. The van der Waals surface area contributed by atoms with Gasteiger partial charge in [-0.3, -0.25) is 14.9 Å². The minimum atomic E-state index is -0.734. The number of nitrogens with zero attached hydrogens (tertiary/aromatic N) is 5. The van der Waals surface area contributed by atoms with E-state index < -0.39 is 5.97 Å². The zero-order valence-corrected chi connectivity index (χ0v) is 18.5. The number of aliphatic carboxylic acids is 1. The normalized spacial score (nSPS) is 17.9. The third-order valence-corrected chi connectivity index (χ3v) is 6.01. The van der Waals surface area contributed by atoms with Gasteiger partial charge in [0.25, 0.3) is 0 Å². The number of nitrogens with one attached hydrogen (secondary N) is 1. The van der Waals surface area contributed by atoms with Crippen molar-refractivity contribution in [3.05, 3.63) is 61.1 Å². The number of pyridine rings is 1. The van der Waals surface area contributed by atoms with E-state index in [4.69, 9.17) is 9.84 Å². The SMILES string of the molecule is O=C(O)CC1CCC(Oc2ncc(-c3ccc(-c4n[nH]c(-c5ccccc5)n4)cn3)cn2)CC1. The van der Waals surface area contributed by atoms with Crippen molar-refractivity contribution in [2.45, 2.75) is 38.2 Å². The number of hydrogen-bond donors (Lipinski definition) is 2. The van der Waals surface area contributed by atoms with E-state index in [2.05, 4.69) is 30.1 Å². The Morgan fingerprint density at radius 1 is 0.912 bits per heavy atom. The summed E-state index contributed by atoms with van der Waals surface area (Å²) in [5.41, 5.74) is 3.30. The molecule has 1 saturated carbocycles. The van der Waals surface area contributed by atoms with Crippen LogP contribution in [0.3, 0.4) is 0 Å². The molecule has 34 heavy (non-hydrogen) atoms. The third-order valence-electron chi connectivity index (χ3n) is 6.01. The minimum Gasteiger partial charge on any atom is -0.481 e. The molecular weight excluding hydrogens is 432 g/mol. The highest BCUT2D eigenvalue weighted by atomic mass is 16.5. The molecule has 1 aromatic carbocycles. The third kappa shape index (κ3) is 5.09. The Morgan fingerprint density at radius 2 is 1.65 bits per heavy atom. The van der Waals surface area contributed by atoms with Gasteiger partial charge in [0.05, 0.1) is 5.69 Å². The summed E-state index contributed by atoms with van der Waals surface area (Å²) in [6, 6.07) is 14.0. The molecular formula is C25H24N6O3. The van der Waals surface area contributed by atoms with Crippen molar-refractivity contribution in [1.29, 1.82) is 0 Å². The fourth-order valence-corrected chi connectivity index (χ4v) is 4.17. The summed E-state index contributed by atoms with van der Waals surface area (Å²) in [5.74, 6) is 0.786. The maximum atomic E-state index is 10.9. The molecule has 9 nitrogen and oxygen atoms in total. The molecule has 0 amide bonds. The van der Waals surface area contributed by atoms with Crippen LogP contribution in [-0.4, -0.2) is 47.3 Å². The molecule has 1 aliphatic rings. The number of carboxylic acid groups (broad SMARTS) is 1. The lowest BCUT2D eigenvalue weighted by molar-refractivity contribution is -0.138. The van der Waals surface area contributed by atoms with Gasteiger partial charge in [-0.15, -0.1) is 0 Å². The first-order chi connectivity index (χ1) is 16.6. The first kappa shape index (κ1) is 21.7. The molecule has 5 rings (SSSR count). The molecule has 0 radical (unpaired) electrons. The number of benzene rings is 1. The number of ether oxygens (including phenoxy) is 1. The van der Waals surface area contributed by atoms with Gasteiger partial charge in [-0.25, -0.2) is 15.0 Å². The van der Waals surface area contributed by atoms with Crippen LogP contribution in [0.25, 0.3) is 34.0 Å².